The largest absolute Gasteiger partial charge is 0.326 e. The van der Waals surface area contributed by atoms with Crippen LogP contribution in [-0.4, -0.2) is 17.2 Å². The highest BCUT2D eigenvalue weighted by Crippen LogP contribution is 2.30. The number of amides is 1. The van der Waals surface area contributed by atoms with E-state index in [1.54, 1.807) is 0 Å². The molecule has 2 aromatic rings. The summed E-state index contributed by atoms with van der Waals surface area (Å²) >= 11 is 1.82. The summed E-state index contributed by atoms with van der Waals surface area (Å²) in [5.41, 5.74) is 6.08. The first-order valence-corrected chi connectivity index (χ1v) is 10.2. The van der Waals surface area contributed by atoms with Gasteiger partial charge in [-0.1, -0.05) is 70.0 Å². The molecule has 1 aliphatic carbocycles. The maximum absolute atomic E-state index is 11.9. The topological polar surface area (TPSA) is 41.1 Å². The minimum Gasteiger partial charge on any atom is -0.326 e. The van der Waals surface area contributed by atoms with Crippen LogP contribution < -0.4 is 10.0 Å². The van der Waals surface area contributed by atoms with Crippen molar-refractivity contribution in [3.05, 3.63) is 53.6 Å². The van der Waals surface area contributed by atoms with Gasteiger partial charge in [-0.3, -0.25) is 9.52 Å². The van der Waals surface area contributed by atoms with E-state index in [1.165, 1.54) is 16.7 Å². The smallest absolute Gasteiger partial charge is 0.226 e. The van der Waals surface area contributed by atoms with Gasteiger partial charge in [-0.15, -0.1) is 0 Å². The lowest BCUT2D eigenvalue weighted by atomic mass is 10.00. The SMILES string of the molecule is CC(C)SNC1Cc2ccc(-c3cccc(NC(=O)C(C)C)c3)cc2C1. The van der Waals surface area contributed by atoms with Gasteiger partial charge in [0.15, 0.2) is 0 Å². The number of benzene rings is 2. The van der Waals surface area contributed by atoms with Crippen LogP contribution in [0.5, 0.6) is 0 Å². The molecule has 0 saturated heterocycles. The van der Waals surface area contributed by atoms with E-state index in [0.29, 0.717) is 11.3 Å². The van der Waals surface area contributed by atoms with Gasteiger partial charge in [-0.25, -0.2) is 0 Å². The summed E-state index contributed by atoms with van der Waals surface area (Å²) in [5, 5.41) is 3.58. The number of anilines is 1. The van der Waals surface area contributed by atoms with Crippen LogP contribution in [-0.2, 0) is 17.6 Å². The Morgan fingerprint density at radius 1 is 1.00 bits per heavy atom. The van der Waals surface area contributed by atoms with Gasteiger partial charge in [0, 0.05) is 22.9 Å². The Morgan fingerprint density at radius 2 is 1.73 bits per heavy atom. The van der Waals surface area contributed by atoms with Crippen LogP contribution in [0, 0.1) is 5.92 Å². The van der Waals surface area contributed by atoms with E-state index in [0.717, 1.165) is 24.1 Å². The minimum absolute atomic E-state index is 0.0215. The van der Waals surface area contributed by atoms with Crippen LogP contribution in [0.15, 0.2) is 42.5 Å². The Hall–Kier alpha value is -1.78. The summed E-state index contributed by atoms with van der Waals surface area (Å²) < 4.78 is 3.60. The number of nitrogens with one attached hydrogen (secondary N) is 2. The Bertz CT molecular complexity index is 785. The number of hydrogen-bond donors (Lipinski definition) is 2. The highest BCUT2D eigenvalue weighted by atomic mass is 32.2. The fourth-order valence-corrected chi connectivity index (χ4v) is 3.81. The minimum atomic E-state index is -0.0215. The standard InChI is InChI=1S/C22H28N2OS/c1-14(2)22(25)23-20-7-5-6-16(11-20)17-8-9-18-12-21(13-19(18)10-17)24-26-15(3)4/h5-11,14-15,21,24H,12-13H2,1-4H3,(H,23,25). The molecule has 0 radical (unpaired) electrons. The molecule has 2 aromatic carbocycles. The molecule has 3 rings (SSSR count). The van der Waals surface area contributed by atoms with Gasteiger partial charge >= 0.3 is 0 Å². The van der Waals surface area contributed by atoms with Crippen molar-refractivity contribution >= 4 is 23.5 Å². The predicted molar refractivity (Wildman–Crippen MR) is 112 cm³/mol. The number of fused-ring (bicyclic) bond motifs is 1. The summed E-state index contributed by atoms with van der Waals surface area (Å²) in [6.07, 6.45) is 2.17. The third kappa shape index (κ3) is 4.68. The first-order valence-electron chi connectivity index (χ1n) is 9.36. The van der Waals surface area contributed by atoms with Crippen molar-refractivity contribution in [2.24, 2.45) is 5.92 Å². The number of carbonyl (C=O) groups excluding carboxylic acids is 1. The molecule has 1 aliphatic rings. The summed E-state index contributed by atoms with van der Waals surface area (Å²) in [6, 6.07) is 15.4. The number of rotatable bonds is 6. The van der Waals surface area contributed by atoms with Crippen LogP contribution in [0.2, 0.25) is 0 Å². The van der Waals surface area contributed by atoms with Crippen molar-refractivity contribution in [3.8, 4) is 11.1 Å². The lowest BCUT2D eigenvalue weighted by Gasteiger charge is -2.12. The van der Waals surface area contributed by atoms with Crippen molar-refractivity contribution in [2.75, 3.05) is 5.32 Å². The zero-order valence-electron chi connectivity index (χ0n) is 16.0. The summed E-state index contributed by atoms with van der Waals surface area (Å²) in [5.74, 6) is 0.0273. The monoisotopic (exact) mass is 368 g/mol. The van der Waals surface area contributed by atoms with Crippen molar-refractivity contribution in [3.63, 3.8) is 0 Å². The van der Waals surface area contributed by atoms with Gasteiger partial charge in [-0.05, 0) is 47.2 Å². The molecule has 1 unspecified atom stereocenters. The zero-order chi connectivity index (χ0) is 18.7. The number of hydrogen-bond acceptors (Lipinski definition) is 3. The van der Waals surface area contributed by atoms with Crippen LogP contribution in [0.25, 0.3) is 11.1 Å². The molecule has 0 fully saturated rings. The molecule has 0 saturated carbocycles. The average Bonchev–Trinajstić information content (AvgIpc) is 3.02. The number of carbonyl (C=O) groups is 1. The maximum atomic E-state index is 11.9. The third-order valence-electron chi connectivity index (χ3n) is 4.60. The van der Waals surface area contributed by atoms with Gasteiger partial charge in [0.05, 0.1) is 0 Å². The first kappa shape index (κ1) is 19.0. The molecule has 4 heteroatoms. The molecule has 3 nitrogen and oxygen atoms in total. The zero-order valence-corrected chi connectivity index (χ0v) is 16.8. The highest BCUT2D eigenvalue weighted by Gasteiger charge is 2.22. The molecule has 0 bridgehead atoms. The van der Waals surface area contributed by atoms with E-state index >= 15 is 0 Å². The molecule has 138 valence electrons. The fraction of sp³-hybridized carbons (Fsp3) is 0.409. The van der Waals surface area contributed by atoms with E-state index < -0.39 is 0 Å². The van der Waals surface area contributed by atoms with Crippen molar-refractivity contribution in [1.29, 1.82) is 0 Å². The van der Waals surface area contributed by atoms with Gasteiger partial charge in [-0.2, -0.15) is 0 Å². The molecule has 0 spiro atoms. The van der Waals surface area contributed by atoms with Crippen molar-refractivity contribution < 1.29 is 4.79 Å². The van der Waals surface area contributed by atoms with Crippen LogP contribution in [0.1, 0.15) is 38.8 Å². The van der Waals surface area contributed by atoms with E-state index in [9.17, 15) is 4.79 Å². The second-order valence-corrected chi connectivity index (χ2v) is 9.01. The molecule has 1 amide bonds. The van der Waals surface area contributed by atoms with E-state index in [1.807, 2.05) is 37.9 Å². The molecular formula is C22H28N2OS. The second kappa shape index (κ2) is 8.28. The molecular weight excluding hydrogens is 340 g/mol. The van der Waals surface area contributed by atoms with Crippen molar-refractivity contribution in [1.82, 2.24) is 4.72 Å². The predicted octanol–water partition coefficient (Wildman–Crippen LogP) is 5.06. The Labute approximate surface area is 161 Å². The molecule has 0 aliphatic heterocycles. The van der Waals surface area contributed by atoms with Crippen LogP contribution >= 0.6 is 11.9 Å². The van der Waals surface area contributed by atoms with Crippen LogP contribution in [0.3, 0.4) is 0 Å². The van der Waals surface area contributed by atoms with E-state index in [2.05, 4.69) is 54.2 Å². The van der Waals surface area contributed by atoms with Gasteiger partial charge < -0.3 is 5.32 Å². The average molecular weight is 369 g/mol. The summed E-state index contributed by atoms with van der Waals surface area (Å²) in [4.78, 5) is 11.9. The van der Waals surface area contributed by atoms with E-state index in [4.69, 9.17) is 0 Å². The Morgan fingerprint density at radius 3 is 2.46 bits per heavy atom. The second-order valence-electron chi connectivity index (χ2n) is 7.60. The lowest BCUT2D eigenvalue weighted by Crippen LogP contribution is -2.24. The fourth-order valence-electron chi connectivity index (χ4n) is 3.18. The molecule has 2 N–H and O–H groups in total. The third-order valence-corrected chi connectivity index (χ3v) is 5.54. The quantitative estimate of drug-likeness (QED) is 0.700. The normalized spacial score (nSPS) is 16.2. The lowest BCUT2D eigenvalue weighted by molar-refractivity contribution is -0.118. The van der Waals surface area contributed by atoms with Gasteiger partial charge in [0.1, 0.15) is 0 Å². The van der Waals surface area contributed by atoms with Gasteiger partial charge in [0.25, 0.3) is 0 Å². The highest BCUT2D eigenvalue weighted by molar-refractivity contribution is 7.98. The van der Waals surface area contributed by atoms with Crippen LogP contribution in [0.4, 0.5) is 5.69 Å². The van der Waals surface area contributed by atoms with Crippen molar-refractivity contribution in [2.45, 2.75) is 51.8 Å². The molecule has 26 heavy (non-hydrogen) atoms. The molecule has 0 aromatic heterocycles. The maximum Gasteiger partial charge on any atom is 0.226 e. The van der Waals surface area contributed by atoms with Gasteiger partial charge in [0.2, 0.25) is 5.91 Å². The first-order chi connectivity index (χ1) is 12.4. The Balaban J connectivity index is 1.74. The molecule has 0 heterocycles. The summed E-state index contributed by atoms with van der Waals surface area (Å²) in [6.45, 7) is 8.23. The summed E-state index contributed by atoms with van der Waals surface area (Å²) in [7, 11) is 0. The molecule has 1 atom stereocenters. The Kier molecular flexibility index (Phi) is 6.05. The van der Waals surface area contributed by atoms with E-state index in [-0.39, 0.29) is 11.8 Å².